The van der Waals surface area contributed by atoms with Crippen molar-refractivity contribution in [3.8, 4) is 0 Å². The summed E-state index contributed by atoms with van der Waals surface area (Å²) < 4.78 is 2.04. The van der Waals surface area contributed by atoms with Crippen molar-refractivity contribution in [3.05, 3.63) is 83.0 Å². The fourth-order valence-electron chi connectivity index (χ4n) is 6.06. The van der Waals surface area contributed by atoms with Crippen molar-refractivity contribution in [3.63, 3.8) is 0 Å². The molecule has 2 aliphatic heterocycles. The van der Waals surface area contributed by atoms with Gasteiger partial charge < -0.3 is 14.2 Å². The van der Waals surface area contributed by atoms with E-state index in [2.05, 4.69) is 65.2 Å². The van der Waals surface area contributed by atoms with Crippen LogP contribution in [0.3, 0.4) is 0 Å². The minimum absolute atomic E-state index is 0.646. The van der Waals surface area contributed by atoms with E-state index in [9.17, 15) is 0 Å². The van der Waals surface area contributed by atoms with Crippen molar-refractivity contribution < 1.29 is 0 Å². The number of aryl methyl sites for hydroxylation is 2. The normalized spacial score (nSPS) is 17.5. The van der Waals surface area contributed by atoms with E-state index in [4.69, 9.17) is 15.0 Å². The molecule has 0 aliphatic carbocycles. The van der Waals surface area contributed by atoms with E-state index >= 15 is 0 Å². The number of aromatic nitrogens is 5. The number of piperidine rings is 2. The lowest BCUT2D eigenvalue weighted by Crippen LogP contribution is -2.47. The lowest BCUT2D eigenvalue weighted by Gasteiger charge is -2.40. The van der Waals surface area contributed by atoms with Crippen LogP contribution < -0.4 is 4.90 Å². The topological polar surface area (TPSA) is 62.5 Å². The Labute approximate surface area is 219 Å². The zero-order valence-corrected chi connectivity index (χ0v) is 22.1. The summed E-state index contributed by atoms with van der Waals surface area (Å²) in [5.74, 6) is 1.91. The molecular weight excluding hydrogens is 458 g/mol. The maximum absolute atomic E-state index is 5.08. The average Bonchev–Trinajstić information content (AvgIpc) is 3.37. The van der Waals surface area contributed by atoms with Gasteiger partial charge in [0.05, 0.1) is 12.1 Å². The second-order valence-corrected chi connectivity index (χ2v) is 10.8. The lowest BCUT2D eigenvalue weighted by atomic mass is 10.00. The monoisotopic (exact) mass is 495 g/mol. The molecule has 0 saturated carbocycles. The first-order chi connectivity index (χ1) is 18.1. The summed E-state index contributed by atoms with van der Waals surface area (Å²) in [5.41, 5.74) is 6.53. The summed E-state index contributed by atoms with van der Waals surface area (Å²) in [5, 5.41) is 0. The average molecular weight is 496 g/mol. The molecule has 2 fully saturated rings. The predicted octanol–water partition coefficient (Wildman–Crippen LogP) is 4.77. The molecule has 37 heavy (non-hydrogen) atoms. The highest BCUT2D eigenvalue weighted by Crippen LogP contribution is 2.25. The Morgan fingerprint density at radius 3 is 2.43 bits per heavy atom. The van der Waals surface area contributed by atoms with Gasteiger partial charge in [-0.15, -0.1) is 0 Å². The van der Waals surface area contributed by atoms with Gasteiger partial charge in [-0.3, -0.25) is 4.98 Å². The third kappa shape index (κ3) is 5.67. The Hall–Kier alpha value is -3.32. The molecule has 2 aliphatic rings. The summed E-state index contributed by atoms with van der Waals surface area (Å²) in [7, 11) is 0. The molecule has 4 aromatic rings. The van der Waals surface area contributed by atoms with Crippen molar-refractivity contribution in [1.82, 2.24) is 29.2 Å². The maximum Gasteiger partial charge on any atom is 0.136 e. The fraction of sp³-hybridized carbons (Fsp3) is 0.467. The highest BCUT2D eigenvalue weighted by molar-refractivity contribution is 5.45. The Morgan fingerprint density at radius 1 is 0.811 bits per heavy atom. The first kappa shape index (κ1) is 24.0. The SMILES string of the molecule is Cc1cc(C)nc(Cc2nc(Cc3ccn4ccnc4c3)cc(N3CCC(N4CCCCC4)CC3)n2)c1. The molecule has 0 unspecified atom stereocenters. The largest absolute Gasteiger partial charge is 0.356 e. The van der Waals surface area contributed by atoms with Crippen LogP contribution in [0.1, 0.15) is 66.1 Å². The number of anilines is 1. The van der Waals surface area contributed by atoms with Gasteiger partial charge in [-0.2, -0.15) is 0 Å². The van der Waals surface area contributed by atoms with Crippen molar-refractivity contribution >= 4 is 11.5 Å². The van der Waals surface area contributed by atoms with E-state index in [1.54, 1.807) is 0 Å². The zero-order chi connectivity index (χ0) is 25.2. The molecule has 0 spiro atoms. The minimum Gasteiger partial charge on any atom is -0.356 e. The minimum atomic E-state index is 0.646. The van der Waals surface area contributed by atoms with E-state index in [1.165, 1.54) is 56.3 Å². The van der Waals surface area contributed by atoms with E-state index in [0.717, 1.165) is 59.9 Å². The summed E-state index contributed by atoms with van der Waals surface area (Å²) in [6.07, 6.45) is 13.8. The van der Waals surface area contributed by atoms with Crippen molar-refractivity contribution in [2.24, 2.45) is 0 Å². The molecule has 7 nitrogen and oxygen atoms in total. The number of likely N-dealkylation sites (tertiary alicyclic amines) is 1. The van der Waals surface area contributed by atoms with Crippen LogP contribution in [0.2, 0.25) is 0 Å². The third-order valence-corrected chi connectivity index (χ3v) is 7.85. The first-order valence-electron chi connectivity index (χ1n) is 13.8. The highest BCUT2D eigenvalue weighted by atomic mass is 15.2. The predicted molar refractivity (Wildman–Crippen MR) is 147 cm³/mol. The van der Waals surface area contributed by atoms with Gasteiger partial charge >= 0.3 is 0 Å². The second kappa shape index (κ2) is 10.6. The van der Waals surface area contributed by atoms with Crippen LogP contribution in [0.15, 0.2) is 48.9 Å². The first-order valence-corrected chi connectivity index (χ1v) is 13.8. The van der Waals surface area contributed by atoms with Gasteiger partial charge in [-0.25, -0.2) is 15.0 Å². The molecule has 0 N–H and O–H groups in total. The lowest BCUT2D eigenvalue weighted by molar-refractivity contribution is 0.141. The molecule has 7 heteroatoms. The van der Waals surface area contributed by atoms with Crippen molar-refractivity contribution in [2.45, 2.75) is 64.8 Å². The van der Waals surface area contributed by atoms with Crippen molar-refractivity contribution in [2.75, 3.05) is 31.1 Å². The second-order valence-electron chi connectivity index (χ2n) is 10.8. The van der Waals surface area contributed by atoms with Gasteiger partial charge in [0.15, 0.2) is 0 Å². The fourth-order valence-corrected chi connectivity index (χ4v) is 6.06. The Morgan fingerprint density at radius 2 is 1.62 bits per heavy atom. The molecule has 6 rings (SSSR count). The number of fused-ring (bicyclic) bond motifs is 1. The molecule has 2 saturated heterocycles. The summed E-state index contributed by atoms with van der Waals surface area (Å²) in [6.45, 7) is 8.83. The van der Waals surface area contributed by atoms with Gasteiger partial charge in [-0.1, -0.05) is 6.42 Å². The van der Waals surface area contributed by atoms with Crippen LogP contribution in [0.25, 0.3) is 5.65 Å². The Balaban J connectivity index is 1.26. The molecule has 0 atom stereocenters. The van der Waals surface area contributed by atoms with Crippen LogP contribution in [-0.4, -0.2) is 61.5 Å². The molecule has 0 radical (unpaired) electrons. The molecule has 0 aromatic carbocycles. The number of imidazole rings is 1. The zero-order valence-electron chi connectivity index (χ0n) is 22.1. The van der Waals surface area contributed by atoms with E-state index in [1.807, 2.05) is 16.8 Å². The maximum atomic E-state index is 5.08. The Bertz CT molecular complexity index is 1340. The van der Waals surface area contributed by atoms with Gasteiger partial charge in [0.1, 0.15) is 17.3 Å². The number of hydrogen-bond acceptors (Lipinski definition) is 6. The summed E-state index contributed by atoms with van der Waals surface area (Å²) in [4.78, 5) is 24.5. The molecule has 6 heterocycles. The third-order valence-electron chi connectivity index (χ3n) is 7.85. The van der Waals surface area contributed by atoms with E-state index in [0.29, 0.717) is 6.42 Å². The summed E-state index contributed by atoms with van der Waals surface area (Å²) in [6, 6.07) is 11.5. The van der Waals surface area contributed by atoms with Crippen LogP contribution in [0.4, 0.5) is 5.82 Å². The van der Waals surface area contributed by atoms with Crippen LogP contribution in [-0.2, 0) is 12.8 Å². The Kier molecular flexibility index (Phi) is 6.87. The van der Waals surface area contributed by atoms with Gasteiger partial charge in [-0.05, 0) is 88.0 Å². The molecule has 0 bridgehead atoms. The summed E-state index contributed by atoms with van der Waals surface area (Å²) >= 11 is 0. The highest BCUT2D eigenvalue weighted by Gasteiger charge is 2.26. The number of rotatable bonds is 6. The quantitative estimate of drug-likeness (QED) is 0.384. The van der Waals surface area contributed by atoms with E-state index < -0.39 is 0 Å². The van der Waals surface area contributed by atoms with Crippen LogP contribution in [0, 0.1) is 13.8 Å². The number of hydrogen-bond donors (Lipinski definition) is 0. The number of nitrogens with zero attached hydrogens (tertiary/aromatic N) is 7. The van der Waals surface area contributed by atoms with Gasteiger partial charge in [0, 0.05) is 61.6 Å². The standard InChI is InChI=1S/C30H37N7/c1-22-16-23(2)32-25(17-22)20-28-33-26(18-24-6-12-37-15-9-31-29(37)19-24)21-30(34-28)36-13-7-27(8-14-36)35-10-4-3-5-11-35/h6,9,12,15-17,19,21,27H,3-5,7-8,10-11,13-14,18,20H2,1-2H3. The smallest absolute Gasteiger partial charge is 0.136 e. The van der Waals surface area contributed by atoms with E-state index in [-0.39, 0.29) is 0 Å². The molecule has 0 amide bonds. The molecular formula is C30H37N7. The van der Waals surface area contributed by atoms with Crippen molar-refractivity contribution in [1.29, 1.82) is 0 Å². The number of pyridine rings is 2. The van der Waals surface area contributed by atoms with Gasteiger partial charge in [0.2, 0.25) is 0 Å². The molecule has 4 aromatic heterocycles. The van der Waals surface area contributed by atoms with Crippen LogP contribution in [0.5, 0.6) is 0 Å². The van der Waals surface area contributed by atoms with Crippen LogP contribution >= 0.6 is 0 Å². The van der Waals surface area contributed by atoms with Gasteiger partial charge in [0.25, 0.3) is 0 Å². The molecule has 192 valence electrons.